The maximum atomic E-state index is 12.7. The fourth-order valence-corrected chi connectivity index (χ4v) is 3.58. The number of carbonyl (C=O) groups excluding carboxylic acids is 1. The molecule has 2 N–H and O–H groups in total. The summed E-state index contributed by atoms with van der Waals surface area (Å²) in [4.78, 5) is 25.5. The van der Waals surface area contributed by atoms with Crippen LogP contribution in [0, 0.1) is 0 Å². The van der Waals surface area contributed by atoms with Gasteiger partial charge in [-0.15, -0.1) is 0 Å². The molecule has 27 heavy (non-hydrogen) atoms. The molecule has 0 atom stereocenters. The average Bonchev–Trinajstić information content (AvgIpc) is 2.97. The number of anilines is 2. The Kier molecular flexibility index (Phi) is 5.23. The molecule has 0 radical (unpaired) electrons. The number of hydrogen-bond donors (Lipinski definition) is 2. The molecule has 0 aliphatic heterocycles. The van der Waals surface area contributed by atoms with Crippen LogP contribution >= 0.6 is 0 Å². The summed E-state index contributed by atoms with van der Waals surface area (Å²) < 4.78 is 0. The molecule has 1 saturated carbocycles. The van der Waals surface area contributed by atoms with Crippen molar-refractivity contribution in [3.8, 4) is 0 Å². The lowest BCUT2D eigenvalue weighted by atomic mass is 10.1. The molecule has 1 aliphatic carbocycles. The lowest BCUT2D eigenvalue weighted by Gasteiger charge is -2.17. The van der Waals surface area contributed by atoms with Crippen molar-refractivity contribution >= 4 is 28.3 Å². The summed E-state index contributed by atoms with van der Waals surface area (Å²) >= 11 is 0. The molecule has 1 fully saturated rings. The van der Waals surface area contributed by atoms with Crippen LogP contribution in [0.2, 0.25) is 0 Å². The van der Waals surface area contributed by atoms with Gasteiger partial charge in [0.15, 0.2) is 0 Å². The first-order valence-corrected chi connectivity index (χ1v) is 9.53. The van der Waals surface area contributed by atoms with Gasteiger partial charge in [0.05, 0.1) is 11.2 Å². The van der Waals surface area contributed by atoms with Gasteiger partial charge in [-0.1, -0.05) is 43.9 Å². The zero-order valence-electron chi connectivity index (χ0n) is 15.2. The van der Waals surface area contributed by atoms with Gasteiger partial charge in [-0.05, 0) is 25.0 Å². The molecular weight excluding hydrogens is 338 g/mol. The van der Waals surface area contributed by atoms with Crippen LogP contribution in [0.25, 0.3) is 10.9 Å². The molecule has 6 nitrogen and oxygen atoms in total. The van der Waals surface area contributed by atoms with E-state index in [0.717, 1.165) is 23.7 Å². The van der Waals surface area contributed by atoms with Gasteiger partial charge in [-0.3, -0.25) is 9.78 Å². The summed E-state index contributed by atoms with van der Waals surface area (Å²) in [6, 6.07) is 11.7. The van der Waals surface area contributed by atoms with Crippen LogP contribution in [-0.2, 0) is 0 Å². The Morgan fingerprint density at radius 3 is 2.63 bits per heavy atom. The Hall–Kier alpha value is -3.02. The number of amides is 1. The molecule has 6 heteroatoms. The van der Waals surface area contributed by atoms with E-state index in [1.165, 1.54) is 32.0 Å². The van der Waals surface area contributed by atoms with Crippen molar-refractivity contribution in [1.29, 1.82) is 0 Å². The third-order valence-corrected chi connectivity index (χ3v) is 4.99. The molecule has 1 aromatic carbocycles. The number of nitrogens with one attached hydrogen (secondary N) is 2. The highest BCUT2D eigenvalue weighted by Gasteiger charge is 2.15. The summed E-state index contributed by atoms with van der Waals surface area (Å²) in [5.41, 5.74) is 1.78. The van der Waals surface area contributed by atoms with Gasteiger partial charge in [-0.2, -0.15) is 0 Å². The van der Waals surface area contributed by atoms with E-state index >= 15 is 0 Å². The van der Waals surface area contributed by atoms with Crippen molar-refractivity contribution in [1.82, 2.24) is 15.0 Å². The fourth-order valence-electron chi connectivity index (χ4n) is 3.58. The Morgan fingerprint density at radius 1 is 0.963 bits per heavy atom. The zero-order valence-corrected chi connectivity index (χ0v) is 15.2. The summed E-state index contributed by atoms with van der Waals surface area (Å²) in [6.45, 7) is 0. The Balaban J connectivity index is 1.50. The first kappa shape index (κ1) is 17.4. The summed E-state index contributed by atoms with van der Waals surface area (Å²) in [5, 5.41) is 7.37. The van der Waals surface area contributed by atoms with Crippen molar-refractivity contribution in [2.75, 3.05) is 10.6 Å². The second-order valence-electron chi connectivity index (χ2n) is 6.96. The van der Waals surface area contributed by atoms with Crippen LogP contribution < -0.4 is 10.6 Å². The van der Waals surface area contributed by atoms with E-state index in [0.29, 0.717) is 23.2 Å². The van der Waals surface area contributed by atoms with E-state index in [1.807, 2.05) is 30.3 Å². The van der Waals surface area contributed by atoms with Crippen LogP contribution in [0.15, 0.2) is 48.9 Å². The van der Waals surface area contributed by atoms with Crippen molar-refractivity contribution in [3.05, 3.63) is 54.6 Å². The number of fused-ring (bicyclic) bond motifs is 1. The van der Waals surface area contributed by atoms with Crippen LogP contribution in [0.3, 0.4) is 0 Å². The minimum absolute atomic E-state index is 0.264. The topological polar surface area (TPSA) is 79.8 Å². The molecule has 0 bridgehead atoms. The Morgan fingerprint density at radius 2 is 1.78 bits per heavy atom. The second kappa shape index (κ2) is 8.12. The molecule has 1 amide bonds. The molecule has 4 rings (SSSR count). The fraction of sp³-hybridized carbons (Fsp3) is 0.333. The molecule has 3 aromatic rings. The second-order valence-corrected chi connectivity index (χ2v) is 6.96. The van der Waals surface area contributed by atoms with Gasteiger partial charge in [0.25, 0.3) is 5.91 Å². The van der Waals surface area contributed by atoms with Gasteiger partial charge >= 0.3 is 0 Å². The maximum Gasteiger partial charge on any atom is 0.274 e. The third kappa shape index (κ3) is 4.22. The van der Waals surface area contributed by atoms with E-state index in [-0.39, 0.29) is 5.91 Å². The molecular formula is C21H23N5O. The predicted octanol–water partition coefficient (Wildman–Crippen LogP) is 4.41. The third-order valence-electron chi connectivity index (χ3n) is 4.99. The number of carbonyl (C=O) groups is 1. The van der Waals surface area contributed by atoms with Gasteiger partial charge in [0.1, 0.15) is 17.8 Å². The largest absolute Gasteiger partial charge is 0.367 e. The van der Waals surface area contributed by atoms with Gasteiger partial charge in [0.2, 0.25) is 0 Å². The highest BCUT2D eigenvalue weighted by atomic mass is 16.1. The van der Waals surface area contributed by atoms with Gasteiger partial charge in [0, 0.05) is 23.7 Å². The van der Waals surface area contributed by atoms with E-state index in [4.69, 9.17) is 0 Å². The first-order chi connectivity index (χ1) is 13.3. The zero-order chi connectivity index (χ0) is 18.5. The number of pyridine rings is 1. The Labute approximate surface area is 158 Å². The van der Waals surface area contributed by atoms with Crippen LogP contribution in [0.4, 0.5) is 11.5 Å². The highest BCUT2D eigenvalue weighted by molar-refractivity contribution is 6.07. The highest BCUT2D eigenvalue weighted by Crippen LogP contribution is 2.22. The van der Waals surface area contributed by atoms with E-state index in [1.54, 1.807) is 12.3 Å². The van der Waals surface area contributed by atoms with Crippen LogP contribution in [0.1, 0.15) is 49.0 Å². The quantitative estimate of drug-likeness (QED) is 0.673. The predicted molar refractivity (Wildman–Crippen MR) is 107 cm³/mol. The number of para-hydroxylation sites is 1. The smallest absolute Gasteiger partial charge is 0.274 e. The van der Waals surface area contributed by atoms with E-state index < -0.39 is 0 Å². The number of rotatable bonds is 4. The minimum Gasteiger partial charge on any atom is -0.367 e. The lowest BCUT2D eigenvalue weighted by molar-refractivity contribution is 0.102. The molecule has 1 aliphatic rings. The average molecular weight is 361 g/mol. The van der Waals surface area contributed by atoms with Crippen molar-refractivity contribution < 1.29 is 4.79 Å². The van der Waals surface area contributed by atoms with E-state index in [2.05, 4.69) is 25.6 Å². The monoisotopic (exact) mass is 361 g/mol. The molecule has 0 unspecified atom stereocenters. The standard InChI is InChI=1S/C21H23N5O/c27-21(26-17-11-5-7-15-8-6-12-22-20(15)17)18-13-19(24-14-23-18)25-16-9-3-1-2-4-10-16/h5-8,11-14,16H,1-4,9-10H2,(H,26,27)(H,23,24,25). The minimum atomic E-state index is -0.264. The molecule has 0 spiro atoms. The van der Waals surface area contributed by atoms with Gasteiger partial charge < -0.3 is 10.6 Å². The molecule has 2 aromatic heterocycles. The SMILES string of the molecule is O=C(Nc1cccc2cccnc12)c1cc(NC2CCCCCC2)ncn1. The summed E-state index contributed by atoms with van der Waals surface area (Å²) in [6.07, 6.45) is 10.5. The van der Waals surface area contributed by atoms with E-state index in [9.17, 15) is 4.79 Å². The molecule has 138 valence electrons. The Bertz CT molecular complexity index is 929. The van der Waals surface area contributed by atoms with Crippen LogP contribution in [0.5, 0.6) is 0 Å². The number of benzene rings is 1. The van der Waals surface area contributed by atoms with Crippen molar-refractivity contribution in [2.45, 2.75) is 44.6 Å². The summed E-state index contributed by atoms with van der Waals surface area (Å²) in [5.74, 6) is 0.442. The normalized spacial score (nSPS) is 15.3. The number of nitrogens with zero attached hydrogens (tertiary/aromatic N) is 3. The maximum absolute atomic E-state index is 12.7. The number of aromatic nitrogens is 3. The van der Waals surface area contributed by atoms with Crippen molar-refractivity contribution in [2.24, 2.45) is 0 Å². The van der Waals surface area contributed by atoms with Crippen molar-refractivity contribution in [3.63, 3.8) is 0 Å². The first-order valence-electron chi connectivity index (χ1n) is 9.53. The summed E-state index contributed by atoms with van der Waals surface area (Å²) in [7, 11) is 0. The van der Waals surface area contributed by atoms with Gasteiger partial charge in [-0.25, -0.2) is 9.97 Å². The molecule has 0 saturated heterocycles. The van der Waals surface area contributed by atoms with Crippen LogP contribution in [-0.4, -0.2) is 26.9 Å². The molecule has 2 heterocycles. The lowest BCUT2D eigenvalue weighted by Crippen LogP contribution is -2.20. The number of hydrogen-bond acceptors (Lipinski definition) is 5.